The number of carbonyl (C=O) groups is 1. The topological polar surface area (TPSA) is 104 Å². The summed E-state index contributed by atoms with van der Waals surface area (Å²) in [7, 11) is -3.69. The van der Waals surface area contributed by atoms with Gasteiger partial charge in [-0.2, -0.15) is 4.31 Å². The zero-order valence-electron chi connectivity index (χ0n) is 16.1. The Morgan fingerprint density at radius 1 is 1.10 bits per heavy atom. The molecule has 8 nitrogen and oxygen atoms in total. The number of nitrogens with one attached hydrogen (secondary N) is 3. The van der Waals surface area contributed by atoms with Crippen LogP contribution in [-0.4, -0.2) is 38.3 Å². The summed E-state index contributed by atoms with van der Waals surface area (Å²) in [5, 5.41) is 2.92. The minimum absolute atomic E-state index is 0.0157. The highest BCUT2D eigenvalue weighted by atomic mass is 32.2. The SMILES string of the molecule is O=C(NCc1ccccc1)C1CCN(S(=O)(=O)c2ccc(C3CCNN3)o2)CC1. The van der Waals surface area contributed by atoms with Gasteiger partial charge in [-0.15, -0.1) is 0 Å². The van der Waals surface area contributed by atoms with Crippen molar-refractivity contribution in [2.75, 3.05) is 19.6 Å². The van der Waals surface area contributed by atoms with Gasteiger partial charge in [0.25, 0.3) is 10.0 Å². The smallest absolute Gasteiger partial charge is 0.276 e. The van der Waals surface area contributed by atoms with Gasteiger partial charge in [0.05, 0.1) is 6.04 Å². The van der Waals surface area contributed by atoms with Crippen molar-refractivity contribution in [2.45, 2.75) is 36.9 Å². The summed E-state index contributed by atoms with van der Waals surface area (Å²) in [5.41, 5.74) is 7.12. The molecule has 0 spiro atoms. The van der Waals surface area contributed by atoms with Gasteiger partial charge in [-0.1, -0.05) is 30.3 Å². The Balaban J connectivity index is 1.32. The van der Waals surface area contributed by atoms with Crippen LogP contribution in [0.15, 0.2) is 52.0 Å². The first-order valence-electron chi connectivity index (χ1n) is 9.94. The molecule has 9 heteroatoms. The molecule has 2 aliphatic rings. The third kappa shape index (κ3) is 4.53. The Kier molecular flexibility index (Phi) is 6.00. The van der Waals surface area contributed by atoms with Gasteiger partial charge in [0, 0.05) is 32.1 Å². The summed E-state index contributed by atoms with van der Waals surface area (Å²) in [4.78, 5) is 12.4. The molecule has 156 valence electrons. The third-order valence-electron chi connectivity index (χ3n) is 5.51. The predicted octanol–water partition coefficient (Wildman–Crippen LogP) is 1.54. The molecule has 2 aromatic rings. The van der Waals surface area contributed by atoms with Gasteiger partial charge in [-0.25, -0.2) is 13.8 Å². The van der Waals surface area contributed by atoms with Crippen molar-refractivity contribution >= 4 is 15.9 Å². The number of carbonyl (C=O) groups excluding carboxylic acids is 1. The molecular formula is C20H26N4O4S. The average molecular weight is 419 g/mol. The van der Waals surface area contributed by atoms with Crippen LogP contribution in [-0.2, 0) is 21.4 Å². The van der Waals surface area contributed by atoms with Gasteiger partial charge in [0.15, 0.2) is 0 Å². The molecule has 4 rings (SSSR count). The number of hydrogen-bond donors (Lipinski definition) is 3. The van der Waals surface area contributed by atoms with Gasteiger partial charge in [0.1, 0.15) is 5.76 Å². The summed E-state index contributed by atoms with van der Waals surface area (Å²) in [6.07, 6.45) is 1.85. The van der Waals surface area contributed by atoms with Crippen LogP contribution in [0.3, 0.4) is 0 Å². The molecule has 2 saturated heterocycles. The summed E-state index contributed by atoms with van der Waals surface area (Å²) in [6, 6.07) is 12.9. The van der Waals surface area contributed by atoms with Gasteiger partial charge >= 0.3 is 0 Å². The van der Waals surface area contributed by atoms with E-state index in [0.717, 1.165) is 18.5 Å². The molecular weight excluding hydrogens is 392 g/mol. The van der Waals surface area contributed by atoms with Crippen molar-refractivity contribution in [1.29, 1.82) is 0 Å². The first kappa shape index (κ1) is 20.1. The van der Waals surface area contributed by atoms with E-state index in [1.165, 1.54) is 10.4 Å². The van der Waals surface area contributed by atoms with E-state index < -0.39 is 10.0 Å². The number of nitrogens with zero attached hydrogens (tertiary/aromatic N) is 1. The fourth-order valence-corrected chi connectivity index (χ4v) is 5.16. The molecule has 3 heterocycles. The number of sulfonamides is 1. The summed E-state index contributed by atoms with van der Waals surface area (Å²) >= 11 is 0. The summed E-state index contributed by atoms with van der Waals surface area (Å²) in [6.45, 7) is 1.92. The van der Waals surface area contributed by atoms with Crippen LogP contribution < -0.4 is 16.2 Å². The first-order valence-corrected chi connectivity index (χ1v) is 11.4. The maximum absolute atomic E-state index is 12.9. The second-order valence-corrected chi connectivity index (χ2v) is 9.32. The van der Waals surface area contributed by atoms with E-state index in [9.17, 15) is 13.2 Å². The van der Waals surface area contributed by atoms with Crippen LogP contribution in [0, 0.1) is 5.92 Å². The van der Waals surface area contributed by atoms with Gasteiger partial charge in [0.2, 0.25) is 11.0 Å². The molecule has 1 atom stereocenters. The quantitative estimate of drug-likeness (QED) is 0.657. The molecule has 1 aromatic heterocycles. The molecule has 2 fully saturated rings. The number of piperidine rings is 1. The highest BCUT2D eigenvalue weighted by Crippen LogP contribution is 2.28. The summed E-state index contributed by atoms with van der Waals surface area (Å²) < 4.78 is 32.8. The molecule has 0 aliphatic carbocycles. The highest BCUT2D eigenvalue weighted by Gasteiger charge is 2.34. The fourth-order valence-electron chi connectivity index (χ4n) is 3.77. The third-order valence-corrected chi connectivity index (χ3v) is 7.28. The van der Waals surface area contributed by atoms with Gasteiger partial charge in [-0.05, 0) is 37.0 Å². The second-order valence-electron chi connectivity index (χ2n) is 7.45. The minimum atomic E-state index is -3.69. The number of benzene rings is 1. The lowest BCUT2D eigenvalue weighted by atomic mass is 9.97. The Morgan fingerprint density at radius 3 is 2.55 bits per heavy atom. The highest BCUT2D eigenvalue weighted by molar-refractivity contribution is 7.89. The molecule has 1 aromatic carbocycles. The molecule has 0 saturated carbocycles. The number of hydrazine groups is 1. The van der Waals surface area contributed by atoms with E-state index in [4.69, 9.17) is 4.42 Å². The average Bonchev–Trinajstić information content (AvgIpc) is 3.45. The minimum Gasteiger partial charge on any atom is -0.447 e. The lowest BCUT2D eigenvalue weighted by Crippen LogP contribution is -2.42. The van der Waals surface area contributed by atoms with Gasteiger partial charge < -0.3 is 9.73 Å². The monoisotopic (exact) mass is 418 g/mol. The molecule has 1 amide bonds. The van der Waals surface area contributed by atoms with Crippen molar-refractivity contribution in [3.8, 4) is 0 Å². The standard InChI is InChI=1S/C20H26N4O4S/c25-20(21-14-15-4-2-1-3-5-15)16-9-12-24(13-10-16)29(26,27)19-7-6-18(28-19)17-8-11-22-23-17/h1-7,16-17,22-23H,8-14H2,(H,21,25). The van der Waals surface area contributed by atoms with E-state index >= 15 is 0 Å². The molecule has 3 N–H and O–H groups in total. The van der Waals surface area contributed by atoms with Crippen molar-refractivity contribution < 1.29 is 17.6 Å². The Bertz CT molecular complexity index is 930. The van der Waals surface area contributed by atoms with Crippen LogP contribution in [0.1, 0.15) is 36.6 Å². The number of rotatable bonds is 6. The Morgan fingerprint density at radius 2 is 1.86 bits per heavy atom. The normalized spacial score (nSPS) is 21.3. The van der Waals surface area contributed by atoms with E-state index in [0.29, 0.717) is 38.2 Å². The van der Waals surface area contributed by atoms with Crippen LogP contribution >= 0.6 is 0 Å². The largest absolute Gasteiger partial charge is 0.447 e. The predicted molar refractivity (Wildman–Crippen MR) is 107 cm³/mol. The number of amides is 1. The van der Waals surface area contributed by atoms with Crippen molar-refractivity contribution in [3.63, 3.8) is 0 Å². The molecule has 2 aliphatic heterocycles. The van der Waals surface area contributed by atoms with Gasteiger partial charge in [-0.3, -0.25) is 10.2 Å². The zero-order chi connectivity index (χ0) is 20.3. The lowest BCUT2D eigenvalue weighted by molar-refractivity contribution is -0.126. The van der Waals surface area contributed by atoms with E-state index in [1.54, 1.807) is 6.07 Å². The Hall–Kier alpha value is -2.20. The molecule has 0 bridgehead atoms. The maximum Gasteiger partial charge on any atom is 0.276 e. The number of furan rings is 1. The van der Waals surface area contributed by atoms with Crippen molar-refractivity contribution in [1.82, 2.24) is 20.5 Å². The number of hydrogen-bond acceptors (Lipinski definition) is 6. The molecule has 29 heavy (non-hydrogen) atoms. The van der Waals surface area contributed by atoms with Crippen LogP contribution in [0.25, 0.3) is 0 Å². The van der Waals surface area contributed by atoms with Crippen LogP contribution in [0.4, 0.5) is 0 Å². The molecule has 1 unspecified atom stereocenters. The van der Waals surface area contributed by atoms with Crippen LogP contribution in [0.2, 0.25) is 0 Å². The second kappa shape index (κ2) is 8.66. The van der Waals surface area contributed by atoms with E-state index in [2.05, 4.69) is 16.2 Å². The maximum atomic E-state index is 12.9. The summed E-state index contributed by atoms with van der Waals surface area (Å²) in [5.74, 6) is 0.417. The van der Waals surface area contributed by atoms with Crippen molar-refractivity contribution in [3.05, 3.63) is 53.8 Å². The fraction of sp³-hybridized carbons (Fsp3) is 0.450. The van der Waals surface area contributed by atoms with Crippen LogP contribution in [0.5, 0.6) is 0 Å². The van der Waals surface area contributed by atoms with Crippen molar-refractivity contribution in [2.24, 2.45) is 5.92 Å². The zero-order valence-corrected chi connectivity index (χ0v) is 17.0. The first-order chi connectivity index (χ1) is 14.0. The van der Waals surface area contributed by atoms with E-state index in [-0.39, 0.29) is 23.0 Å². The van der Waals surface area contributed by atoms with E-state index in [1.807, 2.05) is 30.3 Å². The molecule has 0 radical (unpaired) electrons. The Labute approximate surface area is 170 Å². The lowest BCUT2D eigenvalue weighted by Gasteiger charge is -2.29.